The molecule has 0 amide bonds. The Labute approximate surface area is 92.3 Å². The lowest BCUT2D eigenvalue weighted by Gasteiger charge is -2.01. The summed E-state index contributed by atoms with van der Waals surface area (Å²) < 4.78 is 0. The van der Waals surface area contributed by atoms with Crippen LogP contribution in [-0.4, -0.2) is 0 Å². The first-order chi connectivity index (χ1) is 7.34. The van der Waals surface area contributed by atoms with Crippen LogP contribution in [-0.2, 0) is 6.42 Å². The molecule has 1 aromatic rings. The van der Waals surface area contributed by atoms with E-state index in [0.29, 0.717) is 5.92 Å². The van der Waals surface area contributed by atoms with E-state index in [0.717, 1.165) is 0 Å². The maximum atomic E-state index is 2.37. The van der Waals surface area contributed by atoms with Crippen molar-refractivity contribution in [1.82, 2.24) is 0 Å². The molecule has 0 nitrogen and oxygen atoms in total. The number of allylic oxidation sites excluding steroid dienone is 4. The zero-order chi connectivity index (χ0) is 10.5. The van der Waals surface area contributed by atoms with Gasteiger partial charge in [0, 0.05) is 0 Å². The van der Waals surface area contributed by atoms with Gasteiger partial charge in [-0.3, -0.25) is 0 Å². The van der Waals surface area contributed by atoms with Gasteiger partial charge in [0.1, 0.15) is 0 Å². The van der Waals surface area contributed by atoms with Crippen LogP contribution in [0.3, 0.4) is 0 Å². The molecule has 0 aliphatic heterocycles. The van der Waals surface area contributed by atoms with Gasteiger partial charge in [0.25, 0.3) is 0 Å². The summed E-state index contributed by atoms with van der Waals surface area (Å²) in [5.41, 5.74) is 2.96. The predicted molar refractivity (Wildman–Crippen MR) is 65.8 cm³/mol. The molecule has 0 radical (unpaired) electrons. The molecule has 0 heteroatoms. The first-order valence-corrected chi connectivity index (χ1v) is 5.77. The third-order valence-corrected chi connectivity index (χ3v) is 2.86. The van der Waals surface area contributed by atoms with Gasteiger partial charge in [-0.2, -0.15) is 0 Å². The summed E-state index contributed by atoms with van der Waals surface area (Å²) in [6.07, 6.45) is 10.6. The number of hydrogen-bond donors (Lipinski definition) is 0. The van der Waals surface area contributed by atoms with Crippen LogP contribution in [0.2, 0.25) is 0 Å². The lowest BCUT2D eigenvalue weighted by Crippen LogP contribution is -1.86. The Morgan fingerprint density at radius 1 is 1.07 bits per heavy atom. The molecule has 0 saturated heterocycles. The van der Waals surface area contributed by atoms with Crippen LogP contribution < -0.4 is 0 Å². The van der Waals surface area contributed by atoms with Crippen LogP contribution in [0.1, 0.15) is 25.3 Å². The molecule has 0 heterocycles. The minimum Gasteiger partial charge on any atom is -0.0776 e. The van der Waals surface area contributed by atoms with Gasteiger partial charge in [-0.25, -0.2) is 0 Å². The van der Waals surface area contributed by atoms with Gasteiger partial charge in [-0.05, 0) is 30.7 Å². The Balaban J connectivity index is 1.76. The summed E-state index contributed by atoms with van der Waals surface area (Å²) in [5.74, 6) is 0.650. The van der Waals surface area contributed by atoms with Gasteiger partial charge in [-0.1, -0.05) is 61.1 Å². The van der Waals surface area contributed by atoms with E-state index in [9.17, 15) is 0 Å². The highest BCUT2D eigenvalue weighted by Gasteiger charge is 2.03. The molecule has 0 N–H and O–H groups in total. The van der Waals surface area contributed by atoms with Gasteiger partial charge < -0.3 is 0 Å². The molecule has 0 aromatic heterocycles. The molecule has 1 aliphatic rings. The summed E-state index contributed by atoms with van der Waals surface area (Å²) in [4.78, 5) is 0. The predicted octanol–water partition coefficient (Wildman–Crippen LogP) is 4.14. The third kappa shape index (κ3) is 3.09. The van der Waals surface area contributed by atoms with Crippen LogP contribution in [0.5, 0.6) is 0 Å². The Hall–Kier alpha value is -1.30. The number of rotatable bonds is 4. The van der Waals surface area contributed by atoms with Crippen molar-refractivity contribution in [3.8, 4) is 0 Å². The van der Waals surface area contributed by atoms with Crippen molar-refractivity contribution in [1.29, 1.82) is 0 Å². The minimum atomic E-state index is 0.650. The Kier molecular flexibility index (Phi) is 3.39. The van der Waals surface area contributed by atoms with Crippen LogP contribution in [0.15, 0.2) is 54.1 Å². The monoisotopic (exact) mass is 198 g/mol. The second-order valence-electron chi connectivity index (χ2n) is 4.30. The van der Waals surface area contributed by atoms with Crippen molar-refractivity contribution in [3.63, 3.8) is 0 Å². The van der Waals surface area contributed by atoms with Crippen LogP contribution in [0.4, 0.5) is 0 Å². The molecule has 15 heavy (non-hydrogen) atoms. The molecular formula is C15H18. The number of benzene rings is 1. The second kappa shape index (κ2) is 4.97. The van der Waals surface area contributed by atoms with Crippen molar-refractivity contribution in [2.75, 3.05) is 0 Å². The van der Waals surface area contributed by atoms with Crippen LogP contribution >= 0.6 is 0 Å². The standard InChI is InChI=1S/C15H18/c1-13-10-11-15(12-13)9-5-8-14-6-3-2-4-7-14/h2-4,6-7,10-13H,5,8-9H2,1H3. The summed E-state index contributed by atoms with van der Waals surface area (Å²) in [6.45, 7) is 2.24. The van der Waals surface area contributed by atoms with E-state index in [-0.39, 0.29) is 0 Å². The van der Waals surface area contributed by atoms with E-state index >= 15 is 0 Å². The fraction of sp³-hybridized carbons (Fsp3) is 0.333. The van der Waals surface area contributed by atoms with E-state index in [1.165, 1.54) is 30.4 Å². The molecule has 2 rings (SSSR count). The van der Waals surface area contributed by atoms with Crippen molar-refractivity contribution < 1.29 is 0 Å². The minimum absolute atomic E-state index is 0.650. The largest absolute Gasteiger partial charge is 0.0776 e. The fourth-order valence-corrected chi connectivity index (χ4v) is 2.03. The number of hydrogen-bond acceptors (Lipinski definition) is 0. The van der Waals surface area contributed by atoms with Crippen molar-refractivity contribution in [2.45, 2.75) is 26.2 Å². The topological polar surface area (TPSA) is 0 Å². The molecule has 1 aromatic carbocycles. The van der Waals surface area contributed by atoms with Gasteiger partial charge in [0.05, 0.1) is 0 Å². The van der Waals surface area contributed by atoms with Gasteiger partial charge in [0.15, 0.2) is 0 Å². The van der Waals surface area contributed by atoms with E-state index in [4.69, 9.17) is 0 Å². The van der Waals surface area contributed by atoms with Crippen LogP contribution in [0.25, 0.3) is 0 Å². The molecule has 1 atom stereocenters. The highest BCUT2D eigenvalue weighted by molar-refractivity contribution is 5.28. The summed E-state index contributed by atoms with van der Waals surface area (Å²) in [7, 11) is 0. The van der Waals surface area contributed by atoms with Crippen LogP contribution in [0, 0.1) is 5.92 Å². The summed E-state index contributed by atoms with van der Waals surface area (Å²) in [6, 6.07) is 10.7. The first-order valence-electron chi connectivity index (χ1n) is 5.77. The molecule has 1 aliphatic carbocycles. The van der Waals surface area contributed by atoms with Gasteiger partial charge in [-0.15, -0.1) is 0 Å². The zero-order valence-corrected chi connectivity index (χ0v) is 9.32. The normalized spacial score (nSPS) is 19.3. The average Bonchev–Trinajstić information content (AvgIpc) is 2.66. The Morgan fingerprint density at radius 2 is 1.87 bits per heavy atom. The zero-order valence-electron chi connectivity index (χ0n) is 9.32. The average molecular weight is 198 g/mol. The quantitative estimate of drug-likeness (QED) is 0.682. The summed E-state index contributed by atoms with van der Waals surface area (Å²) >= 11 is 0. The smallest absolute Gasteiger partial charge is 0.00728 e. The molecule has 78 valence electrons. The van der Waals surface area contributed by atoms with E-state index in [2.05, 4.69) is 55.5 Å². The summed E-state index contributed by atoms with van der Waals surface area (Å²) in [5, 5.41) is 0. The lowest BCUT2D eigenvalue weighted by molar-refractivity contribution is 0.820. The lowest BCUT2D eigenvalue weighted by atomic mass is 10.0. The highest BCUT2D eigenvalue weighted by Crippen LogP contribution is 2.20. The molecule has 1 unspecified atom stereocenters. The Bertz CT molecular complexity index is 357. The van der Waals surface area contributed by atoms with Crippen molar-refractivity contribution >= 4 is 0 Å². The number of aryl methyl sites for hydroxylation is 1. The Morgan fingerprint density at radius 3 is 2.53 bits per heavy atom. The highest BCUT2D eigenvalue weighted by atomic mass is 14.1. The molecular weight excluding hydrogens is 180 g/mol. The van der Waals surface area contributed by atoms with E-state index in [1.807, 2.05) is 0 Å². The van der Waals surface area contributed by atoms with E-state index < -0.39 is 0 Å². The van der Waals surface area contributed by atoms with Crippen molar-refractivity contribution in [2.24, 2.45) is 5.92 Å². The third-order valence-electron chi connectivity index (χ3n) is 2.86. The fourth-order valence-electron chi connectivity index (χ4n) is 2.03. The second-order valence-corrected chi connectivity index (χ2v) is 4.30. The maximum Gasteiger partial charge on any atom is -0.00728 e. The molecule has 0 bridgehead atoms. The van der Waals surface area contributed by atoms with Gasteiger partial charge >= 0.3 is 0 Å². The molecule has 0 fully saturated rings. The van der Waals surface area contributed by atoms with Gasteiger partial charge in [0.2, 0.25) is 0 Å². The SMILES string of the molecule is CC1C=CC(CCCc2ccccc2)=C1. The maximum absolute atomic E-state index is 2.37. The first kappa shape index (κ1) is 10.2. The molecule has 0 spiro atoms. The van der Waals surface area contributed by atoms with Crippen molar-refractivity contribution in [3.05, 3.63) is 59.7 Å². The van der Waals surface area contributed by atoms with E-state index in [1.54, 1.807) is 0 Å². The molecule has 0 saturated carbocycles.